The minimum absolute atomic E-state index is 0.195. The van der Waals surface area contributed by atoms with E-state index in [0.717, 1.165) is 31.7 Å². The molecule has 8 nitrogen and oxygen atoms in total. The van der Waals surface area contributed by atoms with Crippen LogP contribution in [0.15, 0.2) is 28.8 Å². The summed E-state index contributed by atoms with van der Waals surface area (Å²) in [7, 11) is 0. The van der Waals surface area contributed by atoms with Gasteiger partial charge in [0.15, 0.2) is 0 Å². The number of nitrogens with zero attached hydrogens (tertiary/aromatic N) is 5. The van der Waals surface area contributed by atoms with E-state index >= 15 is 0 Å². The molecule has 3 heterocycles. The molecule has 0 aliphatic carbocycles. The van der Waals surface area contributed by atoms with Gasteiger partial charge >= 0.3 is 0 Å². The monoisotopic (exact) mass is 405 g/mol. The molecule has 1 amide bonds. The molecule has 0 radical (unpaired) electrons. The summed E-state index contributed by atoms with van der Waals surface area (Å²) in [5.41, 5.74) is 0.762. The SMILES string of the molecule is O=C(CN1CCOCC1)N1CCN(Cc2nc(-c3ccccc3Cl)no2)CC1. The van der Waals surface area contributed by atoms with Crippen molar-refractivity contribution in [3.05, 3.63) is 35.2 Å². The third-order valence-electron chi connectivity index (χ3n) is 5.13. The van der Waals surface area contributed by atoms with E-state index in [1.807, 2.05) is 23.1 Å². The topological polar surface area (TPSA) is 74.9 Å². The summed E-state index contributed by atoms with van der Waals surface area (Å²) in [6, 6.07) is 7.44. The first-order valence-electron chi connectivity index (χ1n) is 9.57. The van der Waals surface area contributed by atoms with Crippen molar-refractivity contribution in [3.63, 3.8) is 0 Å². The van der Waals surface area contributed by atoms with Gasteiger partial charge in [-0.15, -0.1) is 0 Å². The largest absolute Gasteiger partial charge is 0.379 e. The number of morpholine rings is 1. The molecule has 0 spiro atoms. The van der Waals surface area contributed by atoms with Crippen LogP contribution >= 0.6 is 11.6 Å². The molecule has 4 rings (SSSR count). The Labute approximate surface area is 169 Å². The molecule has 2 saturated heterocycles. The lowest BCUT2D eigenvalue weighted by atomic mass is 10.2. The summed E-state index contributed by atoms with van der Waals surface area (Å²) in [6.45, 7) is 7.15. The van der Waals surface area contributed by atoms with Crippen molar-refractivity contribution in [2.24, 2.45) is 0 Å². The van der Waals surface area contributed by atoms with Crippen LogP contribution in [0.1, 0.15) is 5.89 Å². The average molecular weight is 406 g/mol. The molecule has 1 aromatic heterocycles. The van der Waals surface area contributed by atoms with Crippen LogP contribution in [-0.4, -0.2) is 89.8 Å². The number of halogens is 1. The second-order valence-electron chi connectivity index (χ2n) is 7.04. The van der Waals surface area contributed by atoms with E-state index in [0.29, 0.717) is 56.1 Å². The van der Waals surface area contributed by atoms with E-state index in [9.17, 15) is 4.79 Å². The number of piperazine rings is 1. The highest BCUT2D eigenvalue weighted by atomic mass is 35.5. The van der Waals surface area contributed by atoms with Gasteiger partial charge in [0.05, 0.1) is 31.3 Å². The van der Waals surface area contributed by atoms with Gasteiger partial charge in [-0.3, -0.25) is 14.6 Å². The van der Waals surface area contributed by atoms with Crippen molar-refractivity contribution < 1.29 is 14.1 Å². The molecule has 2 aliphatic rings. The summed E-state index contributed by atoms with van der Waals surface area (Å²) >= 11 is 6.20. The van der Waals surface area contributed by atoms with Gasteiger partial charge in [0.25, 0.3) is 0 Å². The maximum absolute atomic E-state index is 12.5. The molecule has 0 N–H and O–H groups in total. The van der Waals surface area contributed by atoms with Crippen molar-refractivity contribution in [2.45, 2.75) is 6.54 Å². The van der Waals surface area contributed by atoms with Crippen molar-refractivity contribution >= 4 is 17.5 Å². The van der Waals surface area contributed by atoms with E-state index in [-0.39, 0.29) is 5.91 Å². The summed E-state index contributed by atoms with van der Waals surface area (Å²) in [5.74, 6) is 1.25. The predicted octanol–water partition coefficient (Wildman–Crippen LogP) is 1.37. The van der Waals surface area contributed by atoms with Crippen molar-refractivity contribution in [1.82, 2.24) is 24.8 Å². The number of carbonyl (C=O) groups is 1. The van der Waals surface area contributed by atoms with E-state index in [2.05, 4.69) is 19.9 Å². The number of carbonyl (C=O) groups excluding carboxylic acids is 1. The summed E-state index contributed by atoms with van der Waals surface area (Å²) in [5, 5.41) is 4.64. The normalized spacial score (nSPS) is 19.1. The van der Waals surface area contributed by atoms with Crippen LogP contribution in [0.2, 0.25) is 5.02 Å². The number of hydrogen-bond acceptors (Lipinski definition) is 7. The number of aromatic nitrogens is 2. The third kappa shape index (κ3) is 4.70. The molecule has 2 aromatic rings. The molecular weight excluding hydrogens is 382 g/mol. The summed E-state index contributed by atoms with van der Waals surface area (Å²) in [6.07, 6.45) is 0. The van der Waals surface area contributed by atoms with Gasteiger partial charge in [-0.1, -0.05) is 28.9 Å². The Balaban J connectivity index is 1.27. The zero-order valence-electron chi connectivity index (χ0n) is 15.7. The Bertz CT molecular complexity index is 800. The molecule has 0 atom stereocenters. The smallest absolute Gasteiger partial charge is 0.241 e. The van der Waals surface area contributed by atoms with E-state index in [4.69, 9.17) is 20.9 Å². The maximum atomic E-state index is 12.5. The molecule has 28 heavy (non-hydrogen) atoms. The van der Waals surface area contributed by atoms with Gasteiger partial charge < -0.3 is 14.2 Å². The van der Waals surface area contributed by atoms with Gasteiger partial charge in [-0.25, -0.2) is 0 Å². The van der Waals surface area contributed by atoms with Crippen LogP contribution < -0.4 is 0 Å². The molecule has 0 bridgehead atoms. The quantitative estimate of drug-likeness (QED) is 0.743. The standard InChI is InChI=1S/C19H24ClN5O3/c20-16-4-2-1-3-15(16)19-21-17(28-22-19)13-23-5-7-25(8-6-23)18(26)14-24-9-11-27-12-10-24/h1-4H,5-14H2. The zero-order valence-corrected chi connectivity index (χ0v) is 16.5. The first kappa shape index (κ1) is 19.3. The summed E-state index contributed by atoms with van der Waals surface area (Å²) < 4.78 is 10.7. The van der Waals surface area contributed by atoms with Crippen molar-refractivity contribution in [3.8, 4) is 11.4 Å². The highest BCUT2D eigenvalue weighted by molar-refractivity contribution is 6.33. The van der Waals surface area contributed by atoms with E-state index in [1.54, 1.807) is 6.07 Å². The van der Waals surface area contributed by atoms with E-state index < -0.39 is 0 Å². The van der Waals surface area contributed by atoms with Crippen LogP contribution in [-0.2, 0) is 16.1 Å². The Hall–Kier alpha value is -2.00. The Morgan fingerprint density at radius 2 is 1.79 bits per heavy atom. The zero-order chi connectivity index (χ0) is 19.3. The molecule has 0 saturated carbocycles. The van der Waals surface area contributed by atoms with Gasteiger partial charge in [-0.05, 0) is 12.1 Å². The van der Waals surface area contributed by atoms with Gasteiger partial charge in [0.2, 0.25) is 17.6 Å². The molecule has 150 valence electrons. The highest BCUT2D eigenvalue weighted by Gasteiger charge is 2.24. The molecule has 9 heteroatoms. The fourth-order valence-corrected chi connectivity index (χ4v) is 3.69. The maximum Gasteiger partial charge on any atom is 0.241 e. The summed E-state index contributed by atoms with van der Waals surface area (Å²) in [4.78, 5) is 23.3. The first-order chi connectivity index (χ1) is 13.7. The molecular formula is C19H24ClN5O3. The Morgan fingerprint density at radius 1 is 1.04 bits per heavy atom. The number of ether oxygens (including phenoxy) is 1. The van der Waals surface area contributed by atoms with Gasteiger partial charge in [-0.2, -0.15) is 4.98 Å². The second kappa shape index (κ2) is 9.00. The number of benzene rings is 1. The number of rotatable bonds is 5. The van der Waals surface area contributed by atoms with Crippen molar-refractivity contribution in [1.29, 1.82) is 0 Å². The molecule has 2 aliphatic heterocycles. The Morgan fingerprint density at radius 3 is 2.54 bits per heavy atom. The average Bonchev–Trinajstić information content (AvgIpc) is 3.18. The van der Waals surface area contributed by atoms with Gasteiger partial charge in [0, 0.05) is 44.8 Å². The highest BCUT2D eigenvalue weighted by Crippen LogP contribution is 2.25. The minimum Gasteiger partial charge on any atom is -0.379 e. The lowest BCUT2D eigenvalue weighted by molar-refractivity contribution is -0.135. The van der Waals surface area contributed by atoms with Crippen molar-refractivity contribution in [2.75, 3.05) is 59.0 Å². The van der Waals surface area contributed by atoms with Crippen LogP contribution in [0.5, 0.6) is 0 Å². The first-order valence-corrected chi connectivity index (χ1v) is 9.94. The molecule has 2 fully saturated rings. The van der Waals surface area contributed by atoms with Crippen LogP contribution in [0.3, 0.4) is 0 Å². The third-order valence-corrected chi connectivity index (χ3v) is 5.46. The number of amides is 1. The molecule has 0 unspecified atom stereocenters. The van der Waals surface area contributed by atoms with Crippen LogP contribution in [0, 0.1) is 0 Å². The minimum atomic E-state index is 0.195. The number of hydrogen-bond donors (Lipinski definition) is 0. The lowest BCUT2D eigenvalue weighted by Gasteiger charge is -2.35. The van der Waals surface area contributed by atoms with Gasteiger partial charge in [0.1, 0.15) is 0 Å². The van der Waals surface area contributed by atoms with Crippen LogP contribution in [0.25, 0.3) is 11.4 Å². The Kier molecular flexibility index (Phi) is 6.21. The second-order valence-corrected chi connectivity index (χ2v) is 7.44. The molecule has 1 aromatic carbocycles. The van der Waals surface area contributed by atoms with E-state index in [1.165, 1.54) is 0 Å². The fraction of sp³-hybridized carbons (Fsp3) is 0.526. The van der Waals surface area contributed by atoms with Crippen LogP contribution in [0.4, 0.5) is 0 Å². The fourth-order valence-electron chi connectivity index (χ4n) is 3.47. The predicted molar refractivity (Wildman–Crippen MR) is 104 cm³/mol. The lowest BCUT2D eigenvalue weighted by Crippen LogP contribution is -2.52.